The summed E-state index contributed by atoms with van der Waals surface area (Å²) in [5.74, 6) is 1.44. The third kappa shape index (κ3) is 4.11. The summed E-state index contributed by atoms with van der Waals surface area (Å²) in [6, 6.07) is 5.86. The van der Waals surface area contributed by atoms with Crippen molar-refractivity contribution in [3.8, 4) is 11.5 Å². The van der Waals surface area contributed by atoms with Crippen LogP contribution in [0.1, 0.15) is 25.8 Å². The summed E-state index contributed by atoms with van der Waals surface area (Å²) < 4.78 is 16.1. The molecule has 5 heteroatoms. The molecular weight excluding hydrogens is 270 g/mol. The lowest BCUT2D eigenvalue weighted by Crippen LogP contribution is -2.41. The zero-order valence-corrected chi connectivity index (χ0v) is 13.1. The summed E-state index contributed by atoms with van der Waals surface area (Å²) >= 11 is 0. The third-order valence-electron chi connectivity index (χ3n) is 3.52. The van der Waals surface area contributed by atoms with Gasteiger partial charge in [0.25, 0.3) is 0 Å². The molecule has 5 nitrogen and oxygen atoms in total. The lowest BCUT2D eigenvalue weighted by Gasteiger charge is -2.29. The van der Waals surface area contributed by atoms with Crippen LogP contribution >= 0.6 is 0 Å². The van der Waals surface area contributed by atoms with E-state index in [1.54, 1.807) is 7.11 Å². The second-order valence-corrected chi connectivity index (χ2v) is 5.87. The first-order valence-corrected chi connectivity index (χ1v) is 7.08. The van der Waals surface area contributed by atoms with E-state index in [-0.39, 0.29) is 11.6 Å². The summed E-state index contributed by atoms with van der Waals surface area (Å²) in [6.45, 7) is 6.26. The van der Waals surface area contributed by atoms with E-state index in [4.69, 9.17) is 14.2 Å². The van der Waals surface area contributed by atoms with Gasteiger partial charge in [0.05, 0.1) is 20.6 Å². The highest BCUT2D eigenvalue weighted by Gasteiger charge is 2.29. The number of methoxy groups -OCH3 is 2. The molecule has 1 aliphatic heterocycles. The number of carbonyl (C=O) groups excluding carboxylic acids is 1. The van der Waals surface area contributed by atoms with Crippen LogP contribution in [0.5, 0.6) is 11.5 Å². The zero-order valence-electron chi connectivity index (χ0n) is 13.1. The molecule has 0 N–H and O–H groups in total. The minimum atomic E-state index is -0.326. The summed E-state index contributed by atoms with van der Waals surface area (Å²) in [4.78, 5) is 13.6. The fourth-order valence-electron chi connectivity index (χ4n) is 2.56. The van der Waals surface area contributed by atoms with Gasteiger partial charge in [-0.15, -0.1) is 0 Å². The van der Waals surface area contributed by atoms with Crippen LogP contribution in [-0.4, -0.2) is 43.8 Å². The topological polar surface area (TPSA) is 48.0 Å². The van der Waals surface area contributed by atoms with Gasteiger partial charge in [-0.25, -0.2) is 0 Å². The zero-order chi connectivity index (χ0) is 15.5. The molecule has 0 atom stereocenters. The predicted molar refractivity (Wildman–Crippen MR) is 79.6 cm³/mol. The van der Waals surface area contributed by atoms with E-state index in [1.165, 1.54) is 7.11 Å². The van der Waals surface area contributed by atoms with Gasteiger partial charge in [0.1, 0.15) is 17.1 Å². The number of hydrogen-bond acceptors (Lipinski definition) is 5. The first-order chi connectivity index (χ1) is 9.93. The van der Waals surface area contributed by atoms with E-state index in [2.05, 4.69) is 4.90 Å². The molecule has 0 aliphatic carbocycles. The number of ether oxygens (including phenoxy) is 3. The van der Waals surface area contributed by atoms with Crippen LogP contribution in [0.15, 0.2) is 18.2 Å². The van der Waals surface area contributed by atoms with Gasteiger partial charge < -0.3 is 14.2 Å². The van der Waals surface area contributed by atoms with Gasteiger partial charge in [0.2, 0.25) is 0 Å². The van der Waals surface area contributed by atoms with E-state index in [9.17, 15) is 4.79 Å². The third-order valence-corrected chi connectivity index (χ3v) is 3.52. The van der Waals surface area contributed by atoms with Gasteiger partial charge >= 0.3 is 5.97 Å². The molecule has 0 unspecified atom stereocenters. The highest BCUT2D eigenvalue weighted by molar-refractivity contribution is 5.69. The van der Waals surface area contributed by atoms with Crippen LogP contribution in [0.3, 0.4) is 0 Å². The minimum Gasteiger partial charge on any atom is -0.497 e. The maximum atomic E-state index is 11.3. The van der Waals surface area contributed by atoms with Crippen LogP contribution in [0.2, 0.25) is 0 Å². The highest BCUT2D eigenvalue weighted by Crippen LogP contribution is 2.32. The lowest BCUT2D eigenvalue weighted by molar-refractivity contribution is -0.141. The van der Waals surface area contributed by atoms with Gasteiger partial charge in [-0.2, -0.15) is 0 Å². The molecule has 0 fully saturated rings. The largest absolute Gasteiger partial charge is 0.497 e. The Balaban J connectivity index is 2.17. The van der Waals surface area contributed by atoms with Crippen molar-refractivity contribution < 1.29 is 19.0 Å². The number of carbonyl (C=O) groups is 1. The standard InChI is InChI=1S/C16H23NO4/c1-16(2)11-17(8-7-15(18)20-4)10-12-5-6-13(19-3)9-14(12)21-16/h5-6,9H,7-8,10-11H2,1-4H3. The van der Waals surface area contributed by atoms with Crippen molar-refractivity contribution in [2.75, 3.05) is 27.3 Å². The van der Waals surface area contributed by atoms with Crippen molar-refractivity contribution >= 4 is 5.97 Å². The summed E-state index contributed by atoms with van der Waals surface area (Å²) in [6.07, 6.45) is 0.387. The van der Waals surface area contributed by atoms with Gasteiger partial charge in [-0.3, -0.25) is 9.69 Å². The van der Waals surface area contributed by atoms with E-state index in [1.807, 2.05) is 32.0 Å². The molecule has 1 aromatic carbocycles. The average Bonchev–Trinajstić information content (AvgIpc) is 2.57. The Morgan fingerprint density at radius 1 is 1.38 bits per heavy atom. The Morgan fingerprint density at radius 2 is 2.14 bits per heavy atom. The number of rotatable bonds is 4. The smallest absolute Gasteiger partial charge is 0.306 e. The number of nitrogens with zero attached hydrogens (tertiary/aromatic N) is 1. The Hall–Kier alpha value is -1.75. The van der Waals surface area contributed by atoms with Crippen molar-refractivity contribution in [2.24, 2.45) is 0 Å². The Labute approximate surface area is 125 Å². The molecule has 1 aromatic rings. The number of hydrogen-bond donors (Lipinski definition) is 0. The summed E-state index contributed by atoms with van der Waals surface area (Å²) in [7, 11) is 3.06. The first-order valence-electron chi connectivity index (χ1n) is 7.08. The molecule has 0 amide bonds. The Bertz CT molecular complexity index is 513. The molecular formula is C16H23NO4. The maximum Gasteiger partial charge on any atom is 0.306 e. The molecule has 0 radical (unpaired) electrons. The van der Waals surface area contributed by atoms with E-state index in [0.29, 0.717) is 13.0 Å². The average molecular weight is 293 g/mol. The maximum absolute atomic E-state index is 11.3. The van der Waals surface area contributed by atoms with Crippen molar-refractivity contribution in [3.63, 3.8) is 0 Å². The molecule has 0 spiro atoms. The molecule has 0 saturated heterocycles. The fraction of sp³-hybridized carbons (Fsp3) is 0.562. The van der Waals surface area contributed by atoms with Gasteiger partial charge in [-0.1, -0.05) is 6.07 Å². The van der Waals surface area contributed by atoms with Crippen molar-refractivity contribution in [3.05, 3.63) is 23.8 Å². The summed E-state index contributed by atoms with van der Waals surface area (Å²) in [5, 5.41) is 0. The highest BCUT2D eigenvalue weighted by atomic mass is 16.5. The normalized spacial score (nSPS) is 17.3. The molecule has 0 aromatic heterocycles. The Morgan fingerprint density at radius 3 is 2.81 bits per heavy atom. The van der Waals surface area contributed by atoms with E-state index < -0.39 is 0 Å². The van der Waals surface area contributed by atoms with E-state index >= 15 is 0 Å². The van der Waals surface area contributed by atoms with Crippen LogP contribution in [0, 0.1) is 0 Å². The lowest BCUT2D eigenvalue weighted by atomic mass is 10.1. The molecule has 1 heterocycles. The predicted octanol–water partition coefficient (Wildman–Crippen LogP) is 2.23. The molecule has 0 saturated carbocycles. The second kappa shape index (κ2) is 6.35. The van der Waals surface area contributed by atoms with Crippen LogP contribution in [-0.2, 0) is 16.1 Å². The van der Waals surface area contributed by atoms with Gasteiger partial charge in [0.15, 0.2) is 0 Å². The molecule has 0 bridgehead atoms. The molecule has 21 heavy (non-hydrogen) atoms. The second-order valence-electron chi connectivity index (χ2n) is 5.87. The number of fused-ring (bicyclic) bond motifs is 1. The monoisotopic (exact) mass is 293 g/mol. The SMILES string of the molecule is COC(=O)CCN1Cc2ccc(OC)cc2OC(C)(C)C1. The van der Waals surface area contributed by atoms with Gasteiger partial charge in [-0.05, 0) is 19.9 Å². The first kappa shape index (κ1) is 15.6. The van der Waals surface area contributed by atoms with Crippen LogP contribution in [0.25, 0.3) is 0 Å². The van der Waals surface area contributed by atoms with Crippen LogP contribution in [0.4, 0.5) is 0 Å². The fourth-order valence-corrected chi connectivity index (χ4v) is 2.56. The Kier molecular flexibility index (Phi) is 4.73. The molecule has 1 aliphatic rings. The molecule has 116 valence electrons. The van der Waals surface area contributed by atoms with Crippen LogP contribution < -0.4 is 9.47 Å². The number of benzene rings is 1. The van der Waals surface area contributed by atoms with Crippen molar-refractivity contribution in [1.82, 2.24) is 4.90 Å². The minimum absolute atomic E-state index is 0.187. The van der Waals surface area contributed by atoms with Crippen molar-refractivity contribution in [1.29, 1.82) is 0 Å². The quantitative estimate of drug-likeness (QED) is 0.797. The van der Waals surface area contributed by atoms with E-state index in [0.717, 1.165) is 30.2 Å². The summed E-state index contributed by atoms with van der Waals surface area (Å²) in [5.41, 5.74) is 0.777. The molecule has 2 rings (SSSR count). The van der Waals surface area contributed by atoms with Gasteiger partial charge in [0, 0.05) is 31.3 Å². The van der Waals surface area contributed by atoms with Crippen molar-refractivity contribution in [2.45, 2.75) is 32.4 Å². The number of esters is 1.